The van der Waals surface area contributed by atoms with E-state index in [9.17, 15) is 4.79 Å². The summed E-state index contributed by atoms with van der Waals surface area (Å²) in [5, 5.41) is 3.22. The Morgan fingerprint density at radius 2 is 1.68 bits per heavy atom. The molecule has 0 unspecified atom stereocenters. The minimum absolute atomic E-state index is 0. The number of carbonyl (C=O) groups excluding carboxylic acids is 1. The van der Waals surface area contributed by atoms with Crippen LogP contribution in [0.4, 0.5) is 0 Å². The number of nitrogens with one attached hydrogen (secondary N) is 1. The summed E-state index contributed by atoms with van der Waals surface area (Å²) in [7, 11) is -0.542. The van der Waals surface area contributed by atoms with Gasteiger partial charge in [-0.1, -0.05) is 48.5 Å². The first-order valence-corrected chi connectivity index (χ1v) is 13.4. The summed E-state index contributed by atoms with van der Waals surface area (Å²) in [5.41, 5.74) is 3.29. The number of fused-ring (bicyclic) bond motifs is 2. The third kappa shape index (κ3) is 4.70. The molecule has 5 rings (SSSR count). The lowest BCUT2D eigenvalue weighted by atomic mass is 9.75. The molecule has 0 atom stereocenters. The topological polar surface area (TPSA) is 69.8 Å². The smallest absolute Gasteiger partial charge is 0.493 e. The minimum atomic E-state index is -0.542. The Morgan fingerprint density at radius 3 is 2.42 bits per heavy atom. The average molecular weight is 515 g/mol. The molecule has 1 aromatic heterocycles. The van der Waals surface area contributed by atoms with Crippen LogP contribution in [0.1, 0.15) is 64.1 Å². The zero-order chi connectivity index (χ0) is 27.1. The second-order valence-corrected chi connectivity index (χ2v) is 10.9. The van der Waals surface area contributed by atoms with Crippen molar-refractivity contribution in [3.05, 3.63) is 71.4 Å². The number of rotatable bonds is 8. The summed E-state index contributed by atoms with van der Waals surface area (Å²) < 4.78 is 24.4. The van der Waals surface area contributed by atoms with Gasteiger partial charge in [0.05, 0.1) is 24.4 Å². The molecule has 1 aliphatic heterocycles. The van der Waals surface area contributed by atoms with E-state index in [4.69, 9.17) is 18.8 Å². The van der Waals surface area contributed by atoms with E-state index in [-0.39, 0.29) is 7.40 Å². The molecule has 1 N–H and O–H groups in total. The fourth-order valence-corrected chi connectivity index (χ4v) is 5.10. The number of ether oxygens (including phenoxy) is 2. The minimum Gasteiger partial charge on any atom is -0.493 e. The van der Waals surface area contributed by atoms with Crippen molar-refractivity contribution in [2.24, 2.45) is 0 Å². The predicted octanol–water partition coefficient (Wildman–Crippen LogP) is 6.36. The summed E-state index contributed by atoms with van der Waals surface area (Å²) in [6.45, 7) is 12.9. The maximum absolute atomic E-state index is 13.0. The molecule has 2 heterocycles. The number of carbonyl (C=O) groups is 1. The zero-order valence-corrected chi connectivity index (χ0v) is 23.1. The van der Waals surface area contributed by atoms with Crippen LogP contribution in [0.15, 0.2) is 54.6 Å². The number of H-pyrrole nitrogens is 1. The first-order chi connectivity index (χ1) is 18.1. The van der Waals surface area contributed by atoms with E-state index in [1.54, 1.807) is 0 Å². The Bertz CT molecular complexity index is 1470. The molecule has 200 valence electrons. The molecule has 1 saturated heterocycles. The van der Waals surface area contributed by atoms with Crippen molar-refractivity contribution in [2.45, 2.75) is 65.6 Å². The van der Waals surface area contributed by atoms with Gasteiger partial charge in [-0.3, -0.25) is 0 Å². The molecule has 0 amide bonds. The highest BCUT2D eigenvalue weighted by atomic mass is 16.7. The van der Waals surface area contributed by atoms with E-state index in [1.807, 2.05) is 65.8 Å². The second kappa shape index (κ2) is 10.1. The molecule has 6 nitrogen and oxygen atoms in total. The van der Waals surface area contributed by atoms with Crippen LogP contribution in [0.2, 0.25) is 0 Å². The van der Waals surface area contributed by atoms with E-state index in [0.29, 0.717) is 25.3 Å². The van der Waals surface area contributed by atoms with Crippen molar-refractivity contribution in [1.82, 2.24) is 4.98 Å². The number of aryl methyl sites for hydroxylation is 2. The summed E-state index contributed by atoms with van der Waals surface area (Å²) >= 11 is 0. The van der Waals surface area contributed by atoms with Gasteiger partial charge >= 0.3 is 13.1 Å². The highest BCUT2D eigenvalue weighted by molar-refractivity contribution is 6.65. The van der Waals surface area contributed by atoms with Crippen LogP contribution in [-0.2, 0) is 20.5 Å². The van der Waals surface area contributed by atoms with Gasteiger partial charge in [-0.15, -0.1) is 0 Å². The summed E-state index contributed by atoms with van der Waals surface area (Å²) in [6, 6.07) is 18.4. The number of aromatic nitrogens is 1. The number of hydrogen-bond acceptors (Lipinski definition) is 5. The third-order valence-electron chi connectivity index (χ3n) is 7.89. The summed E-state index contributed by atoms with van der Waals surface area (Å²) in [5.74, 6) is 0.512. The molecule has 1 aliphatic rings. The van der Waals surface area contributed by atoms with Gasteiger partial charge in [0.15, 0.2) is 0 Å². The van der Waals surface area contributed by atoms with Crippen LogP contribution in [0, 0.1) is 6.92 Å². The monoisotopic (exact) mass is 515 g/mol. The zero-order valence-electron chi connectivity index (χ0n) is 23.1. The molecule has 3 aromatic carbocycles. The molecule has 0 radical (unpaired) electrons. The van der Waals surface area contributed by atoms with Crippen LogP contribution in [0.5, 0.6) is 5.75 Å². The third-order valence-corrected chi connectivity index (χ3v) is 7.89. The van der Waals surface area contributed by atoms with Crippen molar-refractivity contribution in [1.29, 1.82) is 0 Å². The van der Waals surface area contributed by atoms with Crippen molar-refractivity contribution in [3.8, 4) is 5.75 Å². The first-order valence-electron chi connectivity index (χ1n) is 13.4. The van der Waals surface area contributed by atoms with Gasteiger partial charge in [-0.05, 0) is 77.0 Å². The maximum atomic E-state index is 13.0. The van der Waals surface area contributed by atoms with Gasteiger partial charge in [0.1, 0.15) is 11.4 Å². The van der Waals surface area contributed by atoms with Gasteiger partial charge < -0.3 is 23.8 Å². The predicted molar refractivity (Wildman–Crippen MR) is 155 cm³/mol. The molecular weight excluding hydrogens is 477 g/mol. The summed E-state index contributed by atoms with van der Waals surface area (Å²) in [4.78, 5) is 16.4. The molecular formula is C31H38BNO5. The van der Waals surface area contributed by atoms with Crippen molar-refractivity contribution in [3.63, 3.8) is 0 Å². The van der Waals surface area contributed by atoms with E-state index in [0.717, 1.165) is 50.4 Å². The molecule has 0 saturated carbocycles. The number of aromatic amines is 1. The highest BCUT2D eigenvalue weighted by Crippen LogP contribution is 2.38. The van der Waals surface area contributed by atoms with Gasteiger partial charge in [0.25, 0.3) is 0 Å². The quantitative estimate of drug-likeness (QED) is 0.168. The Morgan fingerprint density at radius 1 is 0.974 bits per heavy atom. The fourth-order valence-electron chi connectivity index (χ4n) is 5.10. The van der Waals surface area contributed by atoms with Crippen LogP contribution < -0.4 is 10.2 Å². The van der Waals surface area contributed by atoms with E-state index in [2.05, 4.69) is 35.3 Å². The van der Waals surface area contributed by atoms with Crippen molar-refractivity contribution in [2.75, 3.05) is 13.2 Å². The Hall–Kier alpha value is -3.29. The van der Waals surface area contributed by atoms with Crippen LogP contribution in [-0.4, -0.2) is 42.5 Å². The van der Waals surface area contributed by atoms with Crippen LogP contribution in [0.25, 0.3) is 21.7 Å². The SMILES string of the molecule is CCOC(=O)c1[nH]c2c(B3OC(C)(C)C(C)(C)O3)c(C)ccc2c1CCCOc1cccc2ccccc12.[HH]. The lowest BCUT2D eigenvalue weighted by Gasteiger charge is -2.32. The van der Waals surface area contributed by atoms with Crippen molar-refractivity contribution >= 4 is 40.2 Å². The lowest BCUT2D eigenvalue weighted by molar-refractivity contribution is 0.00578. The normalized spacial score (nSPS) is 16.3. The molecule has 0 spiro atoms. The molecule has 38 heavy (non-hydrogen) atoms. The standard InChI is InChI=1S/C31H36BNO5.H2/c1-7-35-29(34)28-23(15-11-19-36-25-16-10-13-21-12-8-9-14-22(21)25)24-18-17-20(2)26(27(24)33-28)32-37-30(3,4)31(5,6)38-32;/h8-10,12-14,16-18,33H,7,11,15,19H2,1-6H3;1H. The van der Waals surface area contributed by atoms with E-state index < -0.39 is 18.3 Å². The number of esters is 1. The van der Waals surface area contributed by atoms with Gasteiger partial charge in [-0.25, -0.2) is 4.79 Å². The maximum Gasteiger partial charge on any atom is 0.497 e. The van der Waals surface area contributed by atoms with Gasteiger partial charge in [0, 0.05) is 23.2 Å². The van der Waals surface area contributed by atoms with Crippen LogP contribution in [0.3, 0.4) is 0 Å². The molecule has 0 bridgehead atoms. The fraction of sp³-hybridized carbons (Fsp3) is 0.387. The molecule has 4 aromatic rings. The first kappa shape index (κ1) is 26.3. The Kier molecular flexibility index (Phi) is 7.01. The Labute approximate surface area is 226 Å². The number of hydrogen-bond donors (Lipinski definition) is 1. The largest absolute Gasteiger partial charge is 0.497 e. The van der Waals surface area contributed by atoms with E-state index in [1.165, 1.54) is 0 Å². The summed E-state index contributed by atoms with van der Waals surface area (Å²) in [6.07, 6.45) is 1.40. The second-order valence-electron chi connectivity index (χ2n) is 10.9. The lowest BCUT2D eigenvalue weighted by Crippen LogP contribution is -2.41. The number of benzene rings is 3. The average Bonchev–Trinajstić information content (AvgIpc) is 3.34. The van der Waals surface area contributed by atoms with E-state index >= 15 is 0 Å². The Balaban J connectivity index is 0.00000353. The molecule has 7 heteroatoms. The van der Waals surface area contributed by atoms with Gasteiger partial charge in [0.2, 0.25) is 0 Å². The van der Waals surface area contributed by atoms with Crippen molar-refractivity contribution < 1.29 is 25.0 Å². The van der Waals surface area contributed by atoms with Gasteiger partial charge in [-0.2, -0.15) is 0 Å². The molecule has 0 aliphatic carbocycles. The van der Waals surface area contributed by atoms with Crippen LogP contribution >= 0.6 is 0 Å². The molecule has 1 fully saturated rings. The highest BCUT2D eigenvalue weighted by Gasteiger charge is 2.52.